The third-order valence-corrected chi connectivity index (χ3v) is 4.17. The maximum absolute atomic E-state index is 13.2. The van der Waals surface area contributed by atoms with Crippen LogP contribution in [0.2, 0.25) is 0 Å². The Bertz CT molecular complexity index is 703. The zero-order chi connectivity index (χ0) is 14.8. The first-order chi connectivity index (χ1) is 10.1. The molecule has 0 aliphatic carbocycles. The van der Waals surface area contributed by atoms with Gasteiger partial charge in [-0.2, -0.15) is 0 Å². The van der Waals surface area contributed by atoms with Crippen LogP contribution in [0.3, 0.4) is 0 Å². The summed E-state index contributed by atoms with van der Waals surface area (Å²) in [4.78, 5) is 12.4. The summed E-state index contributed by atoms with van der Waals surface area (Å²) in [5, 5.41) is 6.11. The molecule has 0 saturated carbocycles. The van der Waals surface area contributed by atoms with Crippen LogP contribution in [0.25, 0.3) is 0 Å². The van der Waals surface area contributed by atoms with Gasteiger partial charge in [-0.05, 0) is 64.3 Å². The zero-order valence-electron chi connectivity index (χ0n) is 11.2. The molecule has 3 nitrogen and oxygen atoms in total. The minimum Gasteiger partial charge on any atom is -0.322 e. The quantitative estimate of drug-likeness (QED) is 0.872. The number of nitrogens with one attached hydrogen (secondary N) is 2. The summed E-state index contributed by atoms with van der Waals surface area (Å²) >= 11 is 3.12. The van der Waals surface area contributed by atoms with Crippen LogP contribution in [0, 0.1) is 5.82 Å². The largest absolute Gasteiger partial charge is 0.322 e. The van der Waals surface area contributed by atoms with Crippen LogP contribution in [0.15, 0.2) is 40.9 Å². The van der Waals surface area contributed by atoms with Crippen molar-refractivity contribution in [1.82, 2.24) is 5.32 Å². The maximum Gasteiger partial charge on any atom is 0.255 e. The van der Waals surface area contributed by atoms with Crippen LogP contribution in [-0.4, -0.2) is 12.5 Å². The number of benzene rings is 2. The molecule has 3 rings (SSSR count). The summed E-state index contributed by atoms with van der Waals surface area (Å²) in [6.07, 6.45) is 0.839. The van der Waals surface area contributed by atoms with Gasteiger partial charge in [0.05, 0.1) is 4.47 Å². The van der Waals surface area contributed by atoms with Crippen molar-refractivity contribution in [3.63, 3.8) is 0 Å². The highest BCUT2D eigenvalue weighted by molar-refractivity contribution is 9.10. The third kappa shape index (κ3) is 2.99. The first kappa shape index (κ1) is 14.2. The number of carbonyl (C=O) groups is 1. The van der Waals surface area contributed by atoms with E-state index in [1.807, 2.05) is 18.2 Å². The molecule has 21 heavy (non-hydrogen) atoms. The predicted octanol–water partition coefficient (Wildman–Crippen LogP) is 3.49. The van der Waals surface area contributed by atoms with Crippen LogP contribution >= 0.6 is 15.9 Å². The molecule has 2 aromatic rings. The Hall–Kier alpha value is -1.72. The van der Waals surface area contributed by atoms with E-state index in [9.17, 15) is 9.18 Å². The molecule has 1 heterocycles. The molecule has 1 aliphatic rings. The predicted molar refractivity (Wildman–Crippen MR) is 83.9 cm³/mol. The Morgan fingerprint density at radius 2 is 2.14 bits per heavy atom. The lowest BCUT2D eigenvalue weighted by molar-refractivity contribution is 0.102. The average Bonchev–Trinajstić information content (AvgIpc) is 2.50. The van der Waals surface area contributed by atoms with Crippen molar-refractivity contribution in [2.45, 2.75) is 13.0 Å². The fourth-order valence-corrected chi connectivity index (χ4v) is 2.90. The lowest BCUT2D eigenvalue weighted by Gasteiger charge is -2.20. The van der Waals surface area contributed by atoms with Gasteiger partial charge < -0.3 is 10.6 Å². The Morgan fingerprint density at radius 1 is 1.29 bits per heavy atom. The molecule has 0 bridgehead atoms. The molecule has 5 heteroatoms. The number of hydrogen-bond acceptors (Lipinski definition) is 2. The van der Waals surface area contributed by atoms with Crippen molar-refractivity contribution in [2.75, 3.05) is 11.9 Å². The van der Waals surface area contributed by atoms with Crippen molar-refractivity contribution in [2.24, 2.45) is 0 Å². The monoisotopic (exact) mass is 348 g/mol. The fourth-order valence-electron chi connectivity index (χ4n) is 2.52. The first-order valence-corrected chi connectivity index (χ1v) is 7.52. The number of halogens is 2. The van der Waals surface area contributed by atoms with E-state index in [2.05, 4.69) is 26.6 Å². The van der Waals surface area contributed by atoms with Gasteiger partial charge in [0, 0.05) is 17.8 Å². The Labute approximate surface area is 130 Å². The number of fused-ring (bicyclic) bond motifs is 1. The van der Waals surface area contributed by atoms with E-state index < -0.39 is 0 Å². The molecule has 2 aromatic carbocycles. The summed E-state index contributed by atoms with van der Waals surface area (Å²) in [5.74, 6) is -0.511. The Kier molecular flexibility index (Phi) is 4.03. The van der Waals surface area contributed by atoms with Gasteiger partial charge >= 0.3 is 0 Å². The molecule has 1 aliphatic heterocycles. The molecule has 0 unspecified atom stereocenters. The molecular formula is C16H14BrFN2O. The molecule has 1 amide bonds. The van der Waals surface area contributed by atoms with Crippen molar-refractivity contribution >= 4 is 27.5 Å². The molecule has 0 spiro atoms. The molecule has 0 radical (unpaired) electrons. The van der Waals surface area contributed by atoms with Crippen LogP contribution < -0.4 is 10.6 Å². The molecular weight excluding hydrogens is 335 g/mol. The maximum atomic E-state index is 13.2. The summed E-state index contributed by atoms with van der Waals surface area (Å²) in [5.41, 5.74) is 3.51. The van der Waals surface area contributed by atoms with Crippen molar-refractivity contribution in [3.8, 4) is 0 Å². The fraction of sp³-hybridized carbons (Fsp3) is 0.188. The first-order valence-electron chi connectivity index (χ1n) is 6.73. The van der Waals surface area contributed by atoms with Crippen LogP contribution in [0.1, 0.15) is 21.5 Å². The van der Waals surface area contributed by atoms with E-state index in [1.54, 1.807) is 12.1 Å². The van der Waals surface area contributed by atoms with Crippen LogP contribution in [-0.2, 0) is 13.0 Å². The molecule has 0 atom stereocenters. The highest BCUT2D eigenvalue weighted by Crippen LogP contribution is 2.23. The zero-order valence-corrected chi connectivity index (χ0v) is 12.8. The van der Waals surface area contributed by atoms with E-state index in [0.29, 0.717) is 15.7 Å². The standard InChI is InChI=1S/C16H14BrFN2O/c17-14-8-11(4-5-15(14)18)20-16(21)13-3-1-2-10-9-19-7-6-12(10)13/h1-5,8,19H,6-7,9H2,(H,20,21). The second-order valence-corrected chi connectivity index (χ2v) is 5.81. The van der Waals surface area contributed by atoms with E-state index in [4.69, 9.17) is 0 Å². The number of hydrogen-bond donors (Lipinski definition) is 2. The minimum absolute atomic E-state index is 0.160. The Morgan fingerprint density at radius 3 is 2.95 bits per heavy atom. The second kappa shape index (κ2) is 5.95. The number of rotatable bonds is 2. The van der Waals surface area contributed by atoms with Gasteiger partial charge in [-0.3, -0.25) is 4.79 Å². The minimum atomic E-state index is -0.351. The van der Waals surface area contributed by atoms with Gasteiger partial charge in [0.25, 0.3) is 5.91 Å². The lowest BCUT2D eigenvalue weighted by atomic mass is 9.95. The van der Waals surface area contributed by atoms with E-state index in [1.165, 1.54) is 6.07 Å². The topological polar surface area (TPSA) is 41.1 Å². The molecule has 0 fully saturated rings. The summed E-state index contributed by atoms with van der Waals surface area (Å²) in [7, 11) is 0. The number of amides is 1. The Balaban J connectivity index is 1.87. The van der Waals surface area contributed by atoms with Crippen LogP contribution in [0.5, 0.6) is 0 Å². The number of carbonyl (C=O) groups excluding carboxylic acids is 1. The van der Waals surface area contributed by atoms with E-state index >= 15 is 0 Å². The van der Waals surface area contributed by atoms with Crippen molar-refractivity contribution < 1.29 is 9.18 Å². The summed E-state index contributed by atoms with van der Waals surface area (Å²) in [6, 6.07) is 10.2. The highest BCUT2D eigenvalue weighted by atomic mass is 79.9. The van der Waals surface area contributed by atoms with Gasteiger partial charge in [-0.1, -0.05) is 12.1 Å². The molecule has 0 saturated heterocycles. The van der Waals surface area contributed by atoms with Gasteiger partial charge in [0.15, 0.2) is 0 Å². The smallest absolute Gasteiger partial charge is 0.255 e. The van der Waals surface area contributed by atoms with Gasteiger partial charge in [-0.25, -0.2) is 4.39 Å². The summed E-state index contributed by atoms with van der Waals surface area (Å²) in [6.45, 7) is 1.66. The van der Waals surface area contributed by atoms with E-state index in [0.717, 1.165) is 30.6 Å². The molecule has 2 N–H and O–H groups in total. The van der Waals surface area contributed by atoms with Crippen LogP contribution in [0.4, 0.5) is 10.1 Å². The second-order valence-electron chi connectivity index (χ2n) is 4.95. The van der Waals surface area contributed by atoms with Gasteiger partial charge in [-0.15, -0.1) is 0 Å². The van der Waals surface area contributed by atoms with Crippen molar-refractivity contribution in [1.29, 1.82) is 0 Å². The number of anilines is 1. The lowest BCUT2D eigenvalue weighted by Crippen LogP contribution is -2.26. The molecule has 0 aromatic heterocycles. The van der Waals surface area contributed by atoms with Crippen molar-refractivity contribution in [3.05, 3.63) is 63.4 Å². The normalized spacial score (nSPS) is 13.6. The summed E-state index contributed by atoms with van der Waals surface area (Å²) < 4.78 is 13.6. The van der Waals surface area contributed by atoms with Gasteiger partial charge in [0.1, 0.15) is 5.82 Å². The third-order valence-electron chi connectivity index (χ3n) is 3.56. The average molecular weight is 349 g/mol. The van der Waals surface area contributed by atoms with E-state index in [-0.39, 0.29) is 11.7 Å². The highest BCUT2D eigenvalue weighted by Gasteiger charge is 2.17. The molecule has 108 valence electrons. The van der Waals surface area contributed by atoms with Gasteiger partial charge in [0.2, 0.25) is 0 Å². The SMILES string of the molecule is O=C(Nc1ccc(F)c(Br)c1)c1cccc2c1CCNC2.